The summed E-state index contributed by atoms with van der Waals surface area (Å²) in [6.45, 7) is 2.99. The van der Waals surface area contributed by atoms with Gasteiger partial charge in [-0.2, -0.15) is 0 Å². The van der Waals surface area contributed by atoms with Crippen LogP contribution in [-0.2, 0) is 14.3 Å². The molecule has 0 spiro atoms. The largest absolute Gasteiger partial charge is 0.457 e. The fourth-order valence-corrected chi connectivity index (χ4v) is 1.75. The van der Waals surface area contributed by atoms with Gasteiger partial charge in [-0.15, -0.1) is 0 Å². The summed E-state index contributed by atoms with van der Waals surface area (Å²) in [6.07, 6.45) is 1.64. The maximum atomic E-state index is 11.9. The molecule has 1 aromatic carbocycles. The van der Waals surface area contributed by atoms with Crippen molar-refractivity contribution < 1.29 is 14.3 Å². The number of hydrogen-bond acceptors (Lipinski definition) is 3. The highest BCUT2D eigenvalue weighted by molar-refractivity contribution is 6.27. The van der Waals surface area contributed by atoms with E-state index >= 15 is 0 Å². The van der Waals surface area contributed by atoms with Crippen molar-refractivity contribution in [2.24, 2.45) is 0 Å². The topological polar surface area (TPSA) is 43.4 Å². The summed E-state index contributed by atoms with van der Waals surface area (Å²) in [5, 5.41) is 0. The fraction of sp³-hybridized carbons (Fsp3) is 0.143. The summed E-state index contributed by atoms with van der Waals surface area (Å²) in [5.41, 5.74) is 1.01. The van der Waals surface area contributed by atoms with E-state index in [2.05, 4.69) is 0 Å². The molecule has 0 fully saturated rings. The van der Waals surface area contributed by atoms with Crippen LogP contribution in [0.2, 0.25) is 0 Å². The lowest BCUT2D eigenvalue weighted by atomic mass is 10.1. The van der Waals surface area contributed by atoms with Crippen LogP contribution in [0.1, 0.15) is 19.4 Å². The van der Waals surface area contributed by atoms with Crippen LogP contribution in [0.3, 0.4) is 0 Å². The maximum absolute atomic E-state index is 11.9. The number of allylic oxidation sites excluding steroid dienone is 2. The van der Waals surface area contributed by atoms with E-state index in [-0.39, 0.29) is 22.9 Å². The Kier molecular flexibility index (Phi) is 2.91. The van der Waals surface area contributed by atoms with Crippen molar-refractivity contribution in [3.63, 3.8) is 0 Å². The average molecular weight is 228 g/mol. The van der Waals surface area contributed by atoms with Gasteiger partial charge >= 0.3 is 0 Å². The molecule has 0 saturated heterocycles. The summed E-state index contributed by atoms with van der Waals surface area (Å²) >= 11 is 0. The molecule has 0 amide bonds. The van der Waals surface area contributed by atoms with Crippen LogP contribution in [0.15, 0.2) is 47.4 Å². The van der Waals surface area contributed by atoms with Crippen LogP contribution < -0.4 is 0 Å². The molecule has 2 rings (SSSR count). The molecule has 0 radical (unpaired) electrons. The number of rotatable bonds is 2. The van der Waals surface area contributed by atoms with Gasteiger partial charge in [-0.05, 0) is 25.5 Å². The van der Waals surface area contributed by atoms with Crippen molar-refractivity contribution in [3.8, 4) is 0 Å². The van der Waals surface area contributed by atoms with Crippen LogP contribution in [0, 0.1) is 0 Å². The summed E-state index contributed by atoms with van der Waals surface area (Å²) < 4.78 is 5.32. The summed E-state index contributed by atoms with van der Waals surface area (Å²) in [6, 6.07) is 9.37. The van der Waals surface area contributed by atoms with Gasteiger partial charge in [0.15, 0.2) is 11.5 Å². The van der Waals surface area contributed by atoms with Gasteiger partial charge in [-0.3, -0.25) is 9.59 Å². The van der Waals surface area contributed by atoms with Gasteiger partial charge in [-0.1, -0.05) is 30.3 Å². The highest BCUT2D eigenvalue weighted by atomic mass is 16.5. The van der Waals surface area contributed by atoms with E-state index in [1.165, 1.54) is 6.92 Å². The van der Waals surface area contributed by atoms with Crippen molar-refractivity contribution in [2.45, 2.75) is 13.8 Å². The van der Waals surface area contributed by atoms with Crippen molar-refractivity contribution in [2.75, 3.05) is 0 Å². The third-order valence-electron chi connectivity index (χ3n) is 2.52. The molecule has 17 heavy (non-hydrogen) atoms. The number of carbonyl (C=O) groups excluding carboxylic acids is 2. The first kappa shape index (κ1) is 11.3. The second-order valence-electron chi connectivity index (χ2n) is 3.84. The molecule has 0 atom stereocenters. The molecule has 0 N–H and O–H groups in total. The van der Waals surface area contributed by atoms with Crippen molar-refractivity contribution in [1.82, 2.24) is 0 Å². The third kappa shape index (κ3) is 2.18. The van der Waals surface area contributed by atoms with E-state index < -0.39 is 0 Å². The van der Waals surface area contributed by atoms with Gasteiger partial charge in [0.05, 0.1) is 0 Å². The molecule has 1 aromatic rings. The Balaban J connectivity index is 2.33. The van der Waals surface area contributed by atoms with Crippen molar-refractivity contribution in [3.05, 3.63) is 53.0 Å². The smallest absolute Gasteiger partial charge is 0.235 e. The predicted molar refractivity (Wildman–Crippen MR) is 63.9 cm³/mol. The first-order valence-corrected chi connectivity index (χ1v) is 5.30. The molecule has 0 unspecified atom stereocenters. The van der Waals surface area contributed by atoms with E-state index in [1.54, 1.807) is 13.0 Å². The average Bonchev–Trinajstić information content (AvgIpc) is 2.55. The van der Waals surface area contributed by atoms with Crippen molar-refractivity contribution in [1.29, 1.82) is 0 Å². The molecule has 0 saturated carbocycles. The Morgan fingerprint density at radius 2 is 1.88 bits per heavy atom. The van der Waals surface area contributed by atoms with Gasteiger partial charge in [-0.25, -0.2) is 0 Å². The normalized spacial score (nSPS) is 17.5. The Hall–Kier alpha value is -2.16. The third-order valence-corrected chi connectivity index (χ3v) is 2.52. The highest BCUT2D eigenvalue weighted by Gasteiger charge is 2.30. The van der Waals surface area contributed by atoms with E-state index in [9.17, 15) is 9.59 Å². The maximum Gasteiger partial charge on any atom is 0.235 e. The van der Waals surface area contributed by atoms with Crippen LogP contribution in [0.25, 0.3) is 6.08 Å². The zero-order chi connectivity index (χ0) is 12.4. The second kappa shape index (κ2) is 4.37. The van der Waals surface area contributed by atoms with E-state index in [0.29, 0.717) is 5.76 Å². The lowest BCUT2D eigenvalue weighted by Crippen LogP contribution is -2.07. The minimum Gasteiger partial charge on any atom is -0.457 e. The molecule has 0 bridgehead atoms. The van der Waals surface area contributed by atoms with Gasteiger partial charge in [0.1, 0.15) is 11.3 Å². The zero-order valence-corrected chi connectivity index (χ0v) is 9.69. The molecule has 1 heterocycles. The Labute approximate surface area is 99.4 Å². The molecule has 0 aliphatic carbocycles. The Morgan fingerprint density at radius 1 is 1.24 bits per heavy atom. The molecule has 1 aliphatic heterocycles. The van der Waals surface area contributed by atoms with Crippen LogP contribution in [0.4, 0.5) is 0 Å². The lowest BCUT2D eigenvalue weighted by Gasteiger charge is -1.98. The Morgan fingerprint density at radius 3 is 2.41 bits per heavy atom. The highest BCUT2D eigenvalue weighted by Crippen LogP contribution is 2.26. The quantitative estimate of drug-likeness (QED) is 0.577. The lowest BCUT2D eigenvalue weighted by molar-refractivity contribution is -0.118. The number of hydrogen-bond donors (Lipinski definition) is 0. The van der Waals surface area contributed by atoms with E-state index in [4.69, 9.17) is 4.74 Å². The van der Waals surface area contributed by atoms with Gasteiger partial charge in [0, 0.05) is 0 Å². The summed E-state index contributed by atoms with van der Waals surface area (Å²) in [4.78, 5) is 23.2. The predicted octanol–water partition coefficient (Wildman–Crippen LogP) is 2.49. The summed E-state index contributed by atoms with van der Waals surface area (Å²) in [7, 11) is 0. The first-order valence-electron chi connectivity index (χ1n) is 5.30. The SMILES string of the molecule is CC(=O)C1=C(C)O/C(=C/c2ccccc2)C1=O. The van der Waals surface area contributed by atoms with Gasteiger partial charge in [0.2, 0.25) is 5.78 Å². The Bertz CT molecular complexity index is 536. The monoisotopic (exact) mass is 228 g/mol. The summed E-state index contributed by atoms with van der Waals surface area (Å²) in [5.74, 6) is -0.00797. The van der Waals surface area contributed by atoms with Crippen LogP contribution >= 0.6 is 0 Å². The number of Topliss-reactive ketones (excluding diaryl/α,β-unsaturated/α-hetero) is 2. The van der Waals surface area contributed by atoms with Crippen molar-refractivity contribution >= 4 is 17.6 Å². The number of ether oxygens (including phenoxy) is 1. The molecule has 0 aromatic heterocycles. The van der Waals surface area contributed by atoms with Crippen LogP contribution in [0.5, 0.6) is 0 Å². The number of benzene rings is 1. The number of ketones is 2. The second-order valence-corrected chi connectivity index (χ2v) is 3.84. The first-order chi connectivity index (χ1) is 8.09. The minimum absolute atomic E-state index is 0.146. The fourth-order valence-electron chi connectivity index (χ4n) is 1.75. The standard InChI is InChI=1S/C14H12O3/c1-9(15)13-10(2)17-12(14(13)16)8-11-6-4-3-5-7-11/h3-8H,1-2H3/b12-8+. The van der Waals surface area contributed by atoms with E-state index in [1.807, 2.05) is 30.3 Å². The number of carbonyl (C=O) groups is 2. The molecule has 1 aliphatic rings. The zero-order valence-electron chi connectivity index (χ0n) is 9.69. The molecular formula is C14H12O3. The molecular weight excluding hydrogens is 216 g/mol. The molecule has 86 valence electrons. The van der Waals surface area contributed by atoms with E-state index in [0.717, 1.165) is 5.56 Å². The van der Waals surface area contributed by atoms with Gasteiger partial charge in [0.25, 0.3) is 0 Å². The van der Waals surface area contributed by atoms with Crippen LogP contribution in [-0.4, -0.2) is 11.6 Å². The van der Waals surface area contributed by atoms with Gasteiger partial charge < -0.3 is 4.74 Å². The minimum atomic E-state index is -0.334. The molecule has 3 heteroatoms. The molecule has 3 nitrogen and oxygen atoms in total.